The number of anilines is 1. The van der Waals surface area contributed by atoms with Crippen LogP contribution in [-0.4, -0.2) is 44.0 Å². The molecular weight excluding hydrogens is 421 g/mol. The number of piperidine rings is 1. The Labute approximate surface area is 171 Å². The lowest BCUT2D eigenvalue weighted by molar-refractivity contribution is -0.121. The first-order chi connectivity index (χ1) is 14.2. The minimum absolute atomic E-state index is 0.0752. The van der Waals surface area contributed by atoms with Crippen LogP contribution >= 0.6 is 0 Å². The van der Waals surface area contributed by atoms with Crippen molar-refractivity contribution in [3.8, 4) is 0 Å². The standard InChI is InChI=1S/C20H19F3N2O4S/c21-15-9-7-13(8-10-15)19(27)25-11-3-4-14(12-25)18(26)24-16-5-1-2-6-17(16)30(28,29)20(22)23/h1-2,5-10,14,20H,3-4,11-12H2,(H,24,26). The first kappa shape index (κ1) is 21.8. The highest BCUT2D eigenvalue weighted by Crippen LogP contribution is 2.27. The van der Waals surface area contributed by atoms with Crippen LogP contribution in [0.4, 0.5) is 18.9 Å². The maximum Gasteiger partial charge on any atom is 0.341 e. The Bertz CT molecular complexity index is 1040. The second-order valence-corrected chi connectivity index (χ2v) is 8.77. The van der Waals surface area contributed by atoms with Crippen LogP contribution in [0.5, 0.6) is 0 Å². The summed E-state index contributed by atoms with van der Waals surface area (Å²) in [7, 11) is -4.89. The predicted molar refractivity (Wildman–Crippen MR) is 103 cm³/mol. The third-order valence-corrected chi connectivity index (χ3v) is 6.29. The summed E-state index contributed by atoms with van der Waals surface area (Å²) in [6, 6.07) is 9.99. The molecule has 1 fully saturated rings. The van der Waals surface area contributed by atoms with Crippen molar-refractivity contribution in [1.82, 2.24) is 4.90 Å². The molecule has 2 aromatic carbocycles. The highest BCUT2D eigenvalue weighted by Gasteiger charge is 2.32. The van der Waals surface area contributed by atoms with Crippen molar-refractivity contribution in [3.63, 3.8) is 0 Å². The number of likely N-dealkylation sites (tertiary alicyclic amines) is 1. The fourth-order valence-corrected chi connectivity index (χ4v) is 4.19. The number of nitrogens with one attached hydrogen (secondary N) is 1. The van der Waals surface area contributed by atoms with Crippen molar-refractivity contribution in [2.45, 2.75) is 23.5 Å². The van der Waals surface area contributed by atoms with Gasteiger partial charge in [0, 0.05) is 18.7 Å². The van der Waals surface area contributed by atoms with E-state index in [1.165, 1.54) is 47.4 Å². The van der Waals surface area contributed by atoms with E-state index in [4.69, 9.17) is 0 Å². The number of benzene rings is 2. The molecule has 0 aromatic heterocycles. The minimum Gasteiger partial charge on any atom is -0.338 e. The summed E-state index contributed by atoms with van der Waals surface area (Å²) >= 11 is 0. The Morgan fingerprint density at radius 3 is 2.40 bits per heavy atom. The summed E-state index contributed by atoms with van der Waals surface area (Å²) < 4.78 is 62.6. The number of alkyl halides is 2. The van der Waals surface area contributed by atoms with Gasteiger partial charge in [0.15, 0.2) is 0 Å². The second kappa shape index (κ2) is 8.86. The van der Waals surface area contributed by atoms with Gasteiger partial charge in [0.25, 0.3) is 5.91 Å². The Hall–Kier alpha value is -2.88. The summed E-state index contributed by atoms with van der Waals surface area (Å²) in [6.07, 6.45) is 0.977. The molecule has 0 aliphatic carbocycles. The van der Waals surface area contributed by atoms with Crippen LogP contribution < -0.4 is 5.32 Å². The highest BCUT2D eigenvalue weighted by atomic mass is 32.2. The molecule has 0 spiro atoms. The molecule has 0 radical (unpaired) electrons. The van der Waals surface area contributed by atoms with Gasteiger partial charge in [0.05, 0.1) is 16.5 Å². The van der Waals surface area contributed by atoms with Gasteiger partial charge in [0.1, 0.15) is 5.82 Å². The minimum atomic E-state index is -4.89. The van der Waals surface area contributed by atoms with Crippen molar-refractivity contribution in [2.24, 2.45) is 5.92 Å². The maximum absolute atomic E-state index is 13.1. The first-order valence-corrected chi connectivity index (χ1v) is 10.7. The van der Waals surface area contributed by atoms with Crippen LogP contribution in [-0.2, 0) is 14.6 Å². The van der Waals surface area contributed by atoms with Crippen molar-refractivity contribution in [1.29, 1.82) is 0 Å². The molecule has 1 unspecified atom stereocenters. The van der Waals surface area contributed by atoms with E-state index in [-0.39, 0.29) is 23.7 Å². The molecule has 2 amide bonds. The quantitative estimate of drug-likeness (QED) is 0.773. The van der Waals surface area contributed by atoms with E-state index in [1.54, 1.807) is 0 Å². The molecule has 160 valence electrons. The van der Waals surface area contributed by atoms with E-state index in [9.17, 15) is 31.2 Å². The zero-order valence-electron chi connectivity index (χ0n) is 15.7. The topological polar surface area (TPSA) is 83.6 Å². The Balaban J connectivity index is 1.74. The van der Waals surface area contributed by atoms with Gasteiger partial charge in [-0.05, 0) is 49.2 Å². The molecule has 1 heterocycles. The van der Waals surface area contributed by atoms with Crippen LogP contribution in [0.1, 0.15) is 23.2 Å². The normalized spacial score (nSPS) is 17.1. The van der Waals surface area contributed by atoms with E-state index in [1.807, 2.05) is 0 Å². The molecule has 2 aromatic rings. The maximum atomic E-state index is 13.1. The molecule has 30 heavy (non-hydrogen) atoms. The van der Waals surface area contributed by atoms with Crippen molar-refractivity contribution in [2.75, 3.05) is 18.4 Å². The van der Waals surface area contributed by atoms with Gasteiger partial charge >= 0.3 is 5.76 Å². The molecule has 1 N–H and O–H groups in total. The van der Waals surface area contributed by atoms with Gasteiger partial charge in [-0.1, -0.05) is 12.1 Å². The smallest absolute Gasteiger partial charge is 0.338 e. The third kappa shape index (κ3) is 4.64. The Morgan fingerprint density at radius 2 is 1.73 bits per heavy atom. The lowest BCUT2D eigenvalue weighted by Crippen LogP contribution is -2.43. The number of rotatable bonds is 5. The molecule has 1 saturated heterocycles. The number of amides is 2. The number of carbonyl (C=O) groups is 2. The van der Waals surface area contributed by atoms with E-state index in [0.717, 1.165) is 6.07 Å². The lowest BCUT2D eigenvalue weighted by atomic mass is 9.96. The molecule has 1 aliphatic heterocycles. The van der Waals surface area contributed by atoms with Crippen molar-refractivity contribution in [3.05, 3.63) is 59.9 Å². The average Bonchev–Trinajstić information content (AvgIpc) is 2.74. The fraction of sp³-hybridized carbons (Fsp3) is 0.300. The second-order valence-electron chi connectivity index (χ2n) is 6.89. The van der Waals surface area contributed by atoms with Gasteiger partial charge < -0.3 is 10.2 Å². The third-order valence-electron chi connectivity index (χ3n) is 4.86. The Morgan fingerprint density at radius 1 is 1.07 bits per heavy atom. The monoisotopic (exact) mass is 440 g/mol. The number of para-hydroxylation sites is 1. The van der Waals surface area contributed by atoms with Gasteiger partial charge in [-0.3, -0.25) is 9.59 Å². The van der Waals surface area contributed by atoms with Crippen LogP contribution in [0, 0.1) is 11.7 Å². The van der Waals surface area contributed by atoms with E-state index < -0.39 is 38.1 Å². The number of hydrogen-bond donors (Lipinski definition) is 1. The van der Waals surface area contributed by atoms with Crippen LogP contribution in [0.15, 0.2) is 53.4 Å². The molecule has 3 rings (SSSR count). The lowest BCUT2D eigenvalue weighted by Gasteiger charge is -2.32. The van der Waals surface area contributed by atoms with Gasteiger partial charge in [-0.25, -0.2) is 12.8 Å². The number of hydrogen-bond acceptors (Lipinski definition) is 4. The highest BCUT2D eigenvalue weighted by molar-refractivity contribution is 7.91. The Kier molecular flexibility index (Phi) is 6.45. The van der Waals surface area contributed by atoms with Crippen LogP contribution in [0.3, 0.4) is 0 Å². The molecule has 1 aliphatic rings. The van der Waals surface area contributed by atoms with E-state index in [2.05, 4.69) is 5.32 Å². The zero-order chi connectivity index (χ0) is 21.9. The molecule has 0 bridgehead atoms. The van der Waals surface area contributed by atoms with Crippen LogP contribution in [0.25, 0.3) is 0 Å². The van der Waals surface area contributed by atoms with Crippen molar-refractivity contribution >= 4 is 27.3 Å². The number of sulfone groups is 1. The number of halogens is 3. The average molecular weight is 440 g/mol. The molecule has 1 atom stereocenters. The van der Waals surface area contributed by atoms with Crippen LogP contribution in [0.2, 0.25) is 0 Å². The summed E-state index contributed by atoms with van der Waals surface area (Å²) in [5, 5.41) is 2.41. The summed E-state index contributed by atoms with van der Waals surface area (Å²) in [6.45, 7) is 0.488. The summed E-state index contributed by atoms with van der Waals surface area (Å²) in [4.78, 5) is 26.1. The molecular formula is C20H19F3N2O4S. The summed E-state index contributed by atoms with van der Waals surface area (Å²) in [5.41, 5.74) is 0.0515. The molecule has 6 nitrogen and oxygen atoms in total. The van der Waals surface area contributed by atoms with Gasteiger partial charge in [0.2, 0.25) is 15.7 Å². The number of nitrogens with zero attached hydrogens (tertiary/aromatic N) is 1. The number of carbonyl (C=O) groups excluding carboxylic acids is 2. The SMILES string of the molecule is O=C(Nc1ccccc1S(=O)(=O)C(F)F)C1CCCN(C(=O)c2ccc(F)cc2)C1. The van der Waals surface area contributed by atoms with Gasteiger partial charge in [-0.15, -0.1) is 0 Å². The largest absolute Gasteiger partial charge is 0.341 e. The van der Waals surface area contributed by atoms with E-state index in [0.29, 0.717) is 19.4 Å². The van der Waals surface area contributed by atoms with Gasteiger partial charge in [-0.2, -0.15) is 8.78 Å². The fourth-order valence-electron chi connectivity index (χ4n) is 3.30. The molecule has 0 saturated carbocycles. The summed E-state index contributed by atoms with van der Waals surface area (Å²) in [5.74, 6) is -5.66. The predicted octanol–water partition coefficient (Wildman–Crippen LogP) is 3.31. The molecule has 10 heteroatoms. The van der Waals surface area contributed by atoms with Crippen molar-refractivity contribution < 1.29 is 31.2 Å². The van der Waals surface area contributed by atoms with E-state index >= 15 is 0 Å². The first-order valence-electron chi connectivity index (χ1n) is 9.17. The zero-order valence-corrected chi connectivity index (χ0v) is 16.5.